The van der Waals surface area contributed by atoms with Crippen molar-refractivity contribution in [3.8, 4) is 16.9 Å². The number of alkyl halides is 3. The van der Waals surface area contributed by atoms with Gasteiger partial charge in [-0.05, 0) is 41.7 Å². The number of hydrogen-bond donors (Lipinski definition) is 0. The number of hydrogen-bond acceptors (Lipinski definition) is 3. The smallest absolute Gasteiger partial charge is 0.376 e. The Balaban J connectivity index is 2.07. The van der Waals surface area contributed by atoms with Crippen molar-refractivity contribution >= 4 is 10.1 Å². The molecule has 0 saturated heterocycles. The standard InChI is InChI=1S/C18H19F3O3S/c1-2-3-4-5-14-6-8-15(9-7-14)16-10-12-17(13-11-16)24-25(22,23)18(19,20)21/h6-13H,2-5H2,1H3. The van der Waals surface area contributed by atoms with Crippen LogP contribution in [0.4, 0.5) is 13.2 Å². The fourth-order valence-corrected chi connectivity index (χ4v) is 2.78. The first-order valence-corrected chi connectivity index (χ1v) is 9.34. The van der Waals surface area contributed by atoms with E-state index in [1.807, 2.05) is 24.3 Å². The summed E-state index contributed by atoms with van der Waals surface area (Å²) in [6.45, 7) is 2.15. The van der Waals surface area contributed by atoms with Gasteiger partial charge in [0.25, 0.3) is 0 Å². The van der Waals surface area contributed by atoms with Gasteiger partial charge in [0.15, 0.2) is 0 Å². The molecule has 0 heterocycles. The van der Waals surface area contributed by atoms with Crippen molar-refractivity contribution in [2.45, 2.75) is 38.1 Å². The highest BCUT2D eigenvalue weighted by Crippen LogP contribution is 2.28. The molecule has 0 aliphatic rings. The molecule has 0 aromatic heterocycles. The quantitative estimate of drug-likeness (QED) is 0.376. The fraction of sp³-hybridized carbons (Fsp3) is 0.333. The first-order valence-electron chi connectivity index (χ1n) is 7.93. The van der Waals surface area contributed by atoms with E-state index in [0.29, 0.717) is 0 Å². The van der Waals surface area contributed by atoms with Crippen LogP contribution < -0.4 is 4.18 Å². The third-order valence-electron chi connectivity index (χ3n) is 3.70. The number of unbranched alkanes of at least 4 members (excludes halogenated alkanes) is 2. The second-order valence-corrected chi connectivity index (χ2v) is 7.20. The van der Waals surface area contributed by atoms with Gasteiger partial charge in [-0.1, -0.05) is 56.2 Å². The largest absolute Gasteiger partial charge is 0.534 e. The summed E-state index contributed by atoms with van der Waals surface area (Å²) >= 11 is 0. The first-order chi connectivity index (χ1) is 11.7. The molecule has 7 heteroatoms. The van der Waals surface area contributed by atoms with Crippen molar-refractivity contribution in [2.24, 2.45) is 0 Å². The summed E-state index contributed by atoms with van der Waals surface area (Å²) in [5, 5.41) is 0. The van der Waals surface area contributed by atoms with Gasteiger partial charge in [-0.25, -0.2) is 0 Å². The molecule has 0 amide bonds. The van der Waals surface area contributed by atoms with Gasteiger partial charge in [-0.3, -0.25) is 0 Å². The Morgan fingerprint density at radius 3 is 1.88 bits per heavy atom. The Kier molecular flexibility index (Phi) is 6.11. The van der Waals surface area contributed by atoms with Crippen LogP contribution >= 0.6 is 0 Å². The van der Waals surface area contributed by atoms with E-state index in [4.69, 9.17) is 0 Å². The van der Waals surface area contributed by atoms with E-state index < -0.39 is 15.6 Å². The number of rotatable bonds is 7. The normalized spacial score (nSPS) is 12.2. The molecule has 25 heavy (non-hydrogen) atoms. The molecule has 0 spiro atoms. The van der Waals surface area contributed by atoms with E-state index in [-0.39, 0.29) is 5.75 Å². The maximum Gasteiger partial charge on any atom is 0.534 e. The Morgan fingerprint density at radius 1 is 0.880 bits per heavy atom. The maximum absolute atomic E-state index is 12.3. The predicted molar refractivity (Wildman–Crippen MR) is 90.7 cm³/mol. The Bertz CT molecular complexity index is 780. The Morgan fingerprint density at radius 2 is 1.40 bits per heavy atom. The van der Waals surface area contributed by atoms with E-state index in [0.717, 1.165) is 30.4 Å². The van der Waals surface area contributed by atoms with Crippen LogP contribution in [0, 0.1) is 0 Å². The van der Waals surface area contributed by atoms with Gasteiger partial charge >= 0.3 is 15.6 Å². The van der Waals surface area contributed by atoms with Gasteiger partial charge in [-0.2, -0.15) is 21.6 Å². The van der Waals surface area contributed by atoms with E-state index >= 15 is 0 Å². The zero-order valence-corrected chi connectivity index (χ0v) is 14.5. The summed E-state index contributed by atoms with van der Waals surface area (Å²) in [5.74, 6) is -0.378. The van der Waals surface area contributed by atoms with E-state index in [2.05, 4.69) is 11.1 Å². The first kappa shape index (κ1) is 19.3. The average Bonchev–Trinajstić information content (AvgIpc) is 2.55. The lowest BCUT2D eigenvalue weighted by Gasteiger charge is -2.10. The zero-order valence-electron chi connectivity index (χ0n) is 13.7. The van der Waals surface area contributed by atoms with Gasteiger partial charge in [0.05, 0.1) is 0 Å². The van der Waals surface area contributed by atoms with Crippen molar-refractivity contribution in [1.82, 2.24) is 0 Å². The van der Waals surface area contributed by atoms with Gasteiger partial charge in [0, 0.05) is 0 Å². The van der Waals surface area contributed by atoms with Gasteiger partial charge in [-0.15, -0.1) is 0 Å². The molecular formula is C18H19F3O3S. The minimum atomic E-state index is -5.65. The van der Waals surface area contributed by atoms with Crippen molar-refractivity contribution in [3.05, 3.63) is 54.1 Å². The van der Waals surface area contributed by atoms with Crippen LogP contribution in [0.25, 0.3) is 11.1 Å². The third-order valence-corrected chi connectivity index (χ3v) is 4.68. The summed E-state index contributed by atoms with van der Waals surface area (Å²) in [5.41, 5.74) is -2.56. The molecule has 0 unspecified atom stereocenters. The van der Waals surface area contributed by atoms with Crippen LogP contribution in [0.15, 0.2) is 48.5 Å². The van der Waals surface area contributed by atoms with Crippen molar-refractivity contribution in [2.75, 3.05) is 0 Å². The average molecular weight is 372 g/mol. The topological polar surface area (TPSA) is 43.4 Å². The lowest BCUT2D eigenvalue weighted by Crippen LogP contribution is -2.28. The van der Waals surface area contributed by atoms with Crippen LogP contribution in [0.3, 0.4) is 0 Å². The molecule has 0 atom stereocenters. The molecule has 2 rings (SSSR count). The van der Waals surface area contributed by atoms with Crippen LogP contribution in [0.5, 0.6) is 5.75 Å². The highest BCUT2D eigenvalue weighted by atomic mass is 32.2. The van der Waals surface area contributed by atoms with Crippen LogP contribution in [-0.4, -0.2) is 13.9 Å². The van der Waals surface area contributed by atoms with Crippen LogP contribution in [-0.2, 0) is 16.5 Å². The molecule has 0 saturated carbocycles. The number of aryl methyl sites for hydroxylation is 1. The molecule has 2 aromatic carbocycles. The SMILES string of the molecule is CCCCCc1ccc(-c2ccc(OS(=O)(=O)C(F)(F)F)cc2)cc1. The third kappa shape index (κ3) is 5.22. The maximum atomic E-state index is 12.3. The minimum Gasteiger partial charge on any atom is -0.376 e. The highest BCUT2D eigenvalue weighted by Gasteiger charge is 2.48. The molecule has 2 aromatic rings. The summed E-state index contributed by atoms with van der Waals surface area (Å²) in [6.07, 6.45) is 4.49. The second kappa shape index (κ2) is 7.91. The Hall–Kier alpha value is -2.02. The summed E-state index contributed by atoms with van der Waals surface area (Å²) < 4.78 is 62.9. The number of benzene rings is 2. The molecule has 136 valence electrons. The molecular weight excluding hydrogens is 353 g/mol. The summed E-state index contributed by atoms with van der Waals surface area (Å²) in [7, 11) is -5.65. The van der Waals surface area contributed by atoms with Gasteiger partial charge < -0.3 is 4.18 Å². The molecule has 0 N–H and O–H groups in total. The predicted octanol–water partition coefficient (Wildman–Crippen LogP) is 5.31. The van der Waals surface area contributed by atoms with Gasteiger partial charge in [0.2, 0.25) is 0 Å². The minimum absolute atomic E-state index is 0.378. The van der Waals surface area contributed by atoms with Gasteiger partial charge in [0.1, 0.15) is 5.75 Å². The van der Waals surface area contributed by atoms with Crippen molar-refractivity contribution in [1.29, 1.82) is 0 Å². The lowest BCUT2D eigenvalue weighted by molar-refractivity contribution is -0.0500. The van der Waals surface area contributed by atoms with Crippen LogP contribution in [0.2, 0.25) is 0 Å². The molecule has 0 aliphatic carbocycles. The van der Waals surface area contributed by atoms with Crippen molar-refractivity contribution < 1.29 is 25.8 Å². The monoisotopic (exact) mass is 372 g/mol. The molecule has 3 nitrogen and oxygen atoms in total. The highest BCUT2D eigenvalue weighted by molar-refractivity contribution is 7.88. The van der Waals surface area contributed by atoms with Crippen LogP contribution in [0.1, 0.15) is 31.7 Å². The summed E-state index contributed by atoms with van der Waals surface area (Å²) in [6, 6.07) is 13.3. The number of halogens is 3. The molecule has 0 aliphatic heterocycles. The van der Waals surface area contributed by atoms with Crippen molar-refractivity contribution in [3.63, 3.8) is 0 Å². The molecule has 0 radical (unpaired) electrons. The summed E-state index contributed by atoms with van der Waals surface area (Å²) in [4.78, 5) is 0. The van der Waals surface area contributed by atoms with E-state index in [1.54, 1.807) is 0 Å². The molecule has 0 fully saturated rings. The second-order valence-electron chi connectivity index (χ2n) is 5.66. The van der Waals surface area contributed by atoms with E-state index in [9.17, 15) is 21.6 Å². The fourth-order valence-electron chi connectivity index (χ4n) is 2.32. The molecule has 0 bridgehead atoms. The Labute approximate surface area is 145 Å². The lowest BCUT2D eigenvalue weighted by atomic mass is 10.0. The zero-order chi connectivity index (χ0) is 18.5. The van der Waals surface area contributed by atoms with E-state index in [1.165, 1.54) is 36.2 Å².